The number of anilines is 1. The summed E-state index contributed by atoms with van der Waals surface area (Å²) in [4.78, 5) is 3.94. The summed E-state index contributed by atoms with van der Waals surface area (Å²) in [5, 5.41) is 8.22. The van der Waals surface area contributed by atoms with E-state index in [4.69, 9.17) is 5.73 Å². The number of halogens is 1. The van der Waals surface area contributed by atoms with Gasteiger partial charge in [-0.3, -0.25) is 4.98 Å². The summed E-state index contributed by atoms with van der Waals surface area (Å²) in [5.74, 6) is -0.348. The largest absolute Gasteiger partial charge is 0.374 e. The summed E-state index contributed by atoms with van der Waals surface area (Å²) in [7, 11) is 0. The zero-order valence-corrected chi connectivity index (χ0v) is 7.25. The molecule has 0 saturated heterocycles. The average Bonchev–Trinajstić information content (AvgIpc) is 2.52. The van der Waals surface area contributed by atoms with Crippen LogP contribution in [0.15, 0.2) is 18.3 Å². The molecule has 0 saturated carbocycles. The molecule has 0 radical (unpaired) electrons. The number of nitrogen functional groups attached to an aromatic ring is 1. The second-order valence-electron chi connectivity index (χ2n) is 2.30. The van der Waals surface area contributed by atoms with Crippen molar-refractivity contribution >= 4 is 16.5 Å². The van der Waals surface area contributed by atoms with Gasteiger partial charge in [0.1, 0.15) is 11.5 Å². The zero-order valence-electron chi connectivity index (χ0n) is 6.44. The second kappa shape index (κ2) is 3.06. The molecule has 13 heavy (non-hydrogen) atoms. The van der Waals surface area contributed by atoms with Crippen LogP contribution in [0, 0.1) is 5.82 Å². The number of hydrogen-bond donors (Lipinski definition) is 1. The van der Waals surface area contributed by atoms with Crippen LogP contribution in [-0.4, -0.2) is 15.2 Å². The first-order valence-electron chi connectivity index (χ1n) is 3.46. The molecule has 0 spiro atoms. The van der Waals surface area contributed by atoms with Crippen molar-refractivity contribution in [2.24, 2.45) is 0 Å². The van der Waals surface area contributed by atoms with Gasteiger partial charge in [0, 0.05) is 12.3 Å². The topological polar surface area (TPSA) is 64.7 Å². The summed E-state index contributed by atoms with van der Waals surface area (Å²) >= 11 is 1.18. The monoisotopic (exact) mass is 196 g/mol. The molecule has 0 aliphatic rings. The van der Waals surface area contributed by atoms with Crippen LogP contribution in [0.2, 0.25) is 0 Å². The van der Waals surface area contributed by atoms with Crippen molar-refractivity contribution in [1.29, 1.82) is 0 Å². The molecule has 2 aromatic heterocycles. The van der Waals surface area contributed by atoms with E-state index in [0.29, 0.717) is 15.8 Å². The van der Waals surface area contributed by atoms with Gasteiger partial charge in [-0.25, -0.2) is 4.39 Å². The lowest BCUT2D eigenvalue weighted by atomic mass is 10.3. The standard InChI is InChI=1S/C7H5FN4S/c8-4-1-2-10-5(3-4)6-11-12-7(9)13-6/h1-3H,(H2,9,12). The molecule has 2 rings (SSSR count). The molecular formula is C7H5FN4S. The molecule has 66 valence electrons. The Balaban J connectivity index is 2.46. The molecule has 0 amide bonds. The van der Waals surface area contributed by atoms with Gasteiger partial charge in [0.25, 0.3) is 0 Å². The van der Waals surface area contributed by atoms with Crippen molar-refractivity contribution < 1.29 is 4.39 Å². The minimum atomic E-state index is -0.348. The molecule has 0 bridgehead atoms. The third-order valence-corrected chi connectivity index (χ3v) is 2.16. The highest BCUT2D eigenvalue weighted by molar-refractivity contribution is 7.18. The number of nitrogens with zero attached hydrogens (tertiary/aromatic N) is 3. The average molecular weight is 196 g/mol. The number of hydrogen-bond acceptors (Lipinski definition) is 5. The van der Waals surface area contributed by atoms with E-state index in [1.807, 2.05) is 0 Å². The van der Waals surface area contributed by atoms with E-state index in [1.165, 1.54) is 29.7 Å². The normalized spacial score (nSPS) is 10.2. The molecule has 6 heteroatoms. The highest BCUT2D eigenvalue weighted by atomic mass is 32.1. The van der Waals surface area contributed by atoms with Crippen LogP contribution >= 0.6 is 11.3 Å². The van der Waals surface area contributed by atoms with Crippen molar-refractivity contribution in [3.05, 3.63) is 24.1 Å². The lowest BCUT2D eigenvalue weighted by Gasteiger charge is -1.92. The number of nitrogens with two attached hydrogens (primary N) is 1. The SMILES string of the molecule is Nc1nnc(-c2cc(F)ccn2)s1. The summed E-state index contributed by atoms with van der Waals surface area (Å²) in [6.45, 7) is 0. The lowest BCUT2D eigenvalue weighted by Crippen LogP contribution is -1.83. The molecule has 0 unspecified atom stereocenters. The third kappa shape index (κ3) is 1.62. The fourth-order valence-electron chi connectivity index (χ4n) is 0.860. The number of aromatic nitrogens is 3. The van der Waals surface area contributed by atoms with Gasteiger partial charge < -0.3 is 5.73 Å². The van der Waals surface area contributed by atoms with E-state index in [-0.39, 0.29) is 5.82 Å². The first-order chi connectivity index (χ1) is 6.25. The summed E-state index contributed by atoms with van der Waals surface area (Å²) < 4.78 is 12.7. The van der Waals surface area contributed by atoms with Crippen LogP contribution in [0.5, 0.6) is 0 Å². The molecule has 0 fully saturated rings. The van der Waals surface area contributed by atoms with E-state index < -0.39 is 0 Å². The minimum Gasteiger partial charge on any atom is -0.374 e. The Hall–Kier alpha value is -1.56. The van der Waals surface area contributed by atoms with Crippen LogP contribution in [0.1, 0.15) is 0 Å². The predicted molar refractivity (Wildman–Crippen MR) is 47.5 cm³/mol. The Morgan fingerprint density at radius 2 is 2.23 bits per heavy atom. The van der Waals surface area contributed by atoms with Crippen LogP contribution in [0.4, 0.5) is 9.52 Å². The Morgan fingerprint density at radius 1 is 1.38 bits per heavy atom. The highest BCUT2D eigenvalue weighted by Gasteiger charge is 2.05. The predicted octanol–water partition coefficient (Wildman–Crippen LogP) is 1.32. The maximum Gasteiger partial charge on any atom is 0.203 e. The molecule has 0 aliphatic heterocycles. The van der Waals surface area contributed by atoms with E-state index in [9.17, 15) is 4.39 Å². The molecule has 2 N–H and O–H groups in total. The molecule has 0 atom stereocenters. The van der Waals surface area contributed by atoms with Gasteiger partial charge in [-0.05, 0) is 6.07 Å². The van der Waals surface area contributed by atoms with Crippen molar-refractivity contribution in [2.45, 2.75) is 0 Å². The molecule has 0 aromatic carbocycles. The van der Waals surface area contributed by atoms with Crippen molar-refractivity contribution in [2.75, 3.05) is 5.73 Å². The molecular weight excluding hydrogens is 191 g/mol. The molecule has 2 aromatic rings. The fourth-order valence-corrected chi connectivity index (χ4v) is 1.44. The van der Waals surface area contributed by atoms with Gasteiger partial charge in [-0.15, -0.1) is 10.2 Å². The fraction of sp³-hybridized carbons (Fsp3) is 0. The van der Waals surface area contributed by atoms with Gasteiger partial charge >= 0.3 is 0 Å². The Morgan fingerprint density at radius 3 is 2.85 bits per heavy atom. The Labute approximate surface area is 77.3 Å². The lowest BCUT2D eigenvalue weighted by molar-refractivity contribution is 0.626. The van der Waals surface area contributed by atoms with Gasteiger partial charge in [-0.2, -0.15) is 0 Å². The van der Waals surface area contributed by atoms with E-state index in [0.717, 1.165) is 0 Å². The molecule has 0 aliphatic carbocycles. The first-order valence-corrected chi connectivity index (χ1v) is 4.28. The molecule has 4 nitrogen and oxygen atoms in total. The van der Waals surface area contributed by atoms with E-state index in [1.54, 1.807) is 0 Å². The van der Waals surface area contributed by atoms with Gasteiger partial charge in [0.15, 0.2) is 5.01 Å². The summed E-state index contributed by atoms with van der Waals surface area (Å²) in [5.41, 5.74) is 5.83. The number of rotatable bonds is 1. The Kier molecular flexibility index (Phi) is 1.90. The van der Waals surface area contributed by atoms with Crippen LogP contribution < -0.4 is 5.73 Å². The van der Waals surface area contributed by atoms with Gasteiger partial charge in [0.2, 0.25) is 5.13 Å². The highest BCUT2D eigenvalue weighted by Crippen LogP contribution is 2.22. The smallest absolute Gasteiger partial charge is 0.203 e. The van der Waals surface area contributed by atoms with Crippen LogP contribution in [-0.2, 0) is 0 Å². The zero-order chi connectivity index (χ0) is 9.26. The van der Waals surface area contributed by atoms with E-state index in [2.05, 4.69) is 15.2 Å². The maximum atomic E-state index is 12.7. The summed E-state index contributed by atoms with van der Waals surface area (Å²) in [6, 6.07) is 2.56. The van der Waals surface area contributed by atoms with Crippen molar-refractivity contribution in [3.63, 3.8) is 0 Å². The Bertz CT molecular complexity index is 428. The van der Waals surface area contributed by atoms with Gasteiger partial charge in [-0.1, -0.05) is 11.3 Å². The van der Waals surface area contributed by atoms with Crippen LogP contribution in [0.3, 0.4) is 0 Å². The quantitative estimate of drug-likeness (QED) is 0.747. The maximum absolute atomic E-state index is 12.7. The van der Waals surface area contributed by atoms with Crippen molar-refractivity contribution in [1.82, 2.24) is 15.2 Å². The minimum absolute atomic E-state index is 0.348. The summed E-state index contributed by atoms with van der Waals surface area (Å²) in [6.07, 6.45) is 1.38. The van der Waals surface area contributed by atoms with Crippen LogP contribution in [0.25, 0.3) is 10.7 Å². The third-order valence-electron chi connectivity index (χ3n) is 1.38. The van der Waals surface area contributed by atoms with E-state index >= 15 is 0 Å². The first kappa shape index (κ1) is 8.06. The second-order valence-corrected chi connectivity index (χ2v) is 3.31. The molecule has 2 heterocycles. The van der Waals surface area contributed by atoms with Gasteiger partial charge in [0.05, 0.1) is 0 Å². The van der Waals surface area contributed by atoms with Crippen molar-refractivity contribution in [3.8, 4) is 10.7 Å². The number of pyridine rings is 1.